The molecule has 0 spiro atoms. The maximum Gasteiger partial charge on any atom is 0.105 e. The van der Waals surface area contributed by atoms with E-state index in [2.05, 4.69) is 31.9 Å². The molecule has 0 aromatic rings. The molecule has 0 bridgehead atoms. The first-order valence-corrected chi connectivity index (χ1v) is 4.12. The third-order valence-electron chi connectivity index (χ3n) is 0.499. The zero-order valence-corrected chi connectivity index (χ0v) is 7.68. The van der Waals surface area contributed by atoms with Crippen LogP contribution in [0.1, 0.15) is 12.8 Å². The maximum absolute atomic E-state index is 5.39. The summed E-state index contributed by atoms with van der Waals surface area (Å²) in [5.41, 5.74) is 0. The van der Waals surface area contributed by atoms with Crippen LogP contribution in [0, 0.1) is 3.74 Å². The predicted molar refractivity (Wildman–Crippen MR) is 41.1 cm³/mol. The van der Waals surface area contributed by atoms with Crippen molar-refractivity contribution in [3.05, 3.63) is 3.74 Å². The highest BCUT2D eigenvalue weighted by Crippen LogP contribution is 2.23. The van der Waals surface area contributed by atoms with Gasteiger partial charge in [-0.05, 0) is 12.8 Å². The Morgan fingerprint density at radius 3 is 2.14 bits per heavy atom. The third kappa shape index (κ3) is 7.25. The zero-order chi connectivity index (χ0) is 5.70. The molecule has 0 amide bonds. The molecule has 3 heteroatoms. The van der Waals surface area contributed by atoms with Crippen molar-refractivity contribution in [2.75, 3.05) is 5.88 Å². The van der Waals surface area contributed by atoms with Crippen LogP contribution in [-0.4, -0.2) is 5.88 Å². The van der Waals surface area contributed by atoms with Gasteiger partial charge >= 0.3 is 0 Å². The van der Waals surface area contributed by atoms with Crippen molar-refractivity contribution < 1.29 is 0 Å². The van der Waals surface area contributed by atoms with E-state index in [0.29, 0.717) is 0 Å². The molecule has 0 rings (SSSR count). The van der Waals surface area contributed by atoms with Crippen LogP contribution in [0.2, 0.25) is 0 Å². The minimum absolute atomic E-state index is 0.737. The fourth-order valence-electron chi connectivity index (χ4n) is 0.200. The van der Waals surface area contributed by atoms with Crippen LogP contribution in [0.3, 0.4) is 0 Å². The molecule has 1 radical (unpaired) electrons. The molecule has 7 heavy (non-hydrogen) atoms. The van der Waals surface area contributed by atoms with Crippen LogP contribution >= 0.6 is 43.5 Å². The second-order valence-electron chi connectivity index (χ2n) is 1.13. The molecule has 0 N–H and O–H groups in total. The van der Waals surface area contributed by atoms with Crippen LogP contribution in [0.15, 0.2) is 0 Å². The summed E-state index contributed by atoms with van der Waals surface area (Å²) in [5.74, 6) is 0.737. The summed E-state index contributed by atoms with van der Waals surface area (Å²) in [7, 11) is 0. The molecule has 0 aromatic heterocycles. The molecule has 0 aliphatic rings. The number of halogens is 3. The van der Waals surface area contributed by atoms with Crippen molar-refractivity contribution in [1.82, 2.24) is 0 Å². The van der Waals surface area contributed by atoms with Crippen LogP contribution < -0.4 is 0 Å². The lowest BCUT2D eigenvalue weighted by Gasteiger charge is -1.93. The highest BCUT2D eigenvalue weighted by atomic mass is 79.9. The molecule has 43 valence electrons. The number of hydrogen-bond acceptors (Lipinski definition) is 0. The van der Waals surface area contributed by atoms with Crippen molar-refractivity contribution >= 4 is 43.5 Å². The average molecular weight is 249 g/mol. The van der Waals surface area contributed by atoms with Gasteiger partial charge in [0.25, 0.3) is 0 Å². The summed E-state index contributed by atoms with van der Waals surface area (Å²) < 4.78 is 1.10. The lowest BCUT2D eigenvalue weighted by Crippen LogP contribution is -1.76. The van der Waals surface area contributed by atoms with Gasteiger partial charge in [-0.25, -0.2) is 0 Å². The molecule has 0 aromatic carbocycles. The number of hydrogen-bond donors (Lipinski definition) is 0. The highest BCUT2D eigenvalue weighted by molar-refractivity contribution is 9.27. The van der Waals surface area contributed by atoms with E-state index >= 15 is 0 Å². The van der Waals surface area contributed by atoms with Crippen molar-refractivity contribution in [3.63, 3.8) is 0 Å². The highest BCUT2D eigenvalue weighted by Gasteiger charge is 1.95. The first-order chi connectivity index (χ1) is 3.27. The minimum atomic E-state index is 0.737. The molecule has 0 saturated carbocycles. The van der Waals surface area contributed by atoms with Crippen molar-refractivity contribution in [2.24, 2.45) is 0 Å². The van der Waals surface area contributed by atoms with E-state index in [1.165, 1.54) is 0 Å². The van der Waals surface area contributed by atoms with Crippen molar-refractivity contribution in [2.45, 2.75) is 12.8 Å². The molecule has 0 saturated heterocycles. The van der Waals surface area contributed by atoms with Gasteiger partial charge in [-0.1, -0.05) is 31.9 Å². The zero-order valence-electron chi connectivity index (χ0n) is 3.76. The summed E-state index contributed by atoms with van der Waals surface area (Å²) in [6, 6.07) is 0. The van der Waals surface area contributed by atoms with Gasteiger partial charge in [0, 0.05) is 5.88 Å². The van der Waals surface area contributed by atoms with Crippen LogP contribution in [0.25, 0.3) is 0 Å². The van der Waals surface area contributed by atoms with Crippen LogP contribution in [0.4, 0.5) is 0 Å². The number of rotatable bonds is 3. The van der Waals surface area contributed by atoms with E-state index < -0.39 is 0 Å². The van der Waals surface area contributed by atoms with Gasteiger partial charge < -0.3 is 0 Å². The van der Waals surface area contributed by atoms with E-state index in [1.54, 1.807) is 0 Å². The van der Waals surface area contributed by atoms with E-state index in [9.17, 15) is 0 Å². The Kier molecular flexibility index (Phi) is 6.35. The van der Waals surface area contributed by atoms with E-state index in [0.717, 1.165) is 22.5 Å². The first kappa shape index (κ1) is 8.25. The average Bonchev–Trinajstić information content (AvgIpc) is 1.61. The second-order valence-corrected chi connectivity index (χ2v) is 4.49. The SMILES string of the molecule is ClCCC[C](Br)Br. The lowest BCUT2D eigenvalue weighted by molar-refractivity contribution is 0.946. The van der Waals surface area contributed by atoms with Crippen LogP contribution in [-0.2, 0) is 0 Å². The van der Waals surface area contributed by atoms with Crippen molar-refractivity contribution in [3.8, 4) is 0 Å². The molecular formula is C4H6Br2Cl. The molecule has 0 aliphatic heterocycles. The molecule has 0 fully saturated rings. The second kappa shape index (κ2) is 5.39. The maximum atomic E-state index is 5.39. The van der Waals surface area contributed by atoms with Gasteiger partial charge in [0.15, 0.2) is 0 Å². The van der Waals surface area contributed by atoms with Gasteiger partial charge in [-0.2, -0.15) is 0 Å². The Balaban J connectivity index is 2.68. The topological polar surface area (TPSA) is 0 Å². The first-order valence-electron chi connectivity index (χ1n) is 2.00. The van der Waals surface area contributed by atoms with Gasteiger partial charge in [0.1, 0.15) is 3.74 Å². The Hall–Kier alpha value is 1.25. The summed E-state index contributed by atoms with van der Waals surface area (Å²) in [6.45, 7) is 0. The predicted octanol–water partition coefficient (Wildman–Crippen LogP) is 3.28. The smallest absolute Gasteiger partial charge is 0.105 e. The van der Waals surface area contributed by atoms with E-state index in [-0.39, 0.29) is 0 Å². The van der Waals surface area contributed by atoms with E-state index in [1.807, 2.05) is 0 Å². The summed E-state index contributed by atoms with van der Waals surface area (Å²) in [6.07, 6.45) is 2.05. The largest absolute Gasteiger partial charge is 0.127 e. The molecule has 0 aliphatic carbocycles. The number of alkyl halides is 1. The quantitative estimate of drug-likeness (QED) is 0.673. The molecule has 0 atom stereocenters. The fourth-order valence-corrected chi connectivity index (χ4v) is 0.895. The van der Waals surface area contributed by atoms with Gasteiger partial charge in [0.2, 0.25) is 0 Å². The van der Waals surface area contributed by atoms with E-state index in [4.69, 9.17) is 11.6 Å². The fraction of sp³-hybridized carbons (Fsp3) is 0.750. The Labute approximate surface area is 65.9 Å². The minimum Gasteiger partial charge on any atom is -0.127 e. The summed E-state index contributed by atoms with van der Waals surface area (Å²) >= 11 is 11.9. The Morgan fingerprint density at radius 2 is 2.00 bits per heavy atom. The van der Waals surface area contributed by atoms with Crippen molar-refractivity contribution in [1.29, 1.82) is 0 Å². The lowest BCUT2D eigenvalue weighted by atomic mass is 10.4. The summed E-state index contributed by atoms with van der Waals surface area (Å²) in [5, 5.41) is 0. The molecule has 0 nitrogen and oxygen atoms in total. The Morgan fingerprint density at radius 1 is 1.43 bits per heavy atom. The molecule has 0 heterocycles. The monoisotopic (exact) mass is 247 g/mol. The standard InChI is InChI=1S/C4H6Br2Cl/c5-4(6)2-1-3-7/h1-3H2. The summed E-state index contributed by atoms with van der Waals surface area (Å²) in [4.78, 5) is 0. The normalized spacial score (nSPS) is 10.3. The van der Waals surface area contributed by atoms with Gasteiger partial charge in [0.05, 0.1) is 0 Å². The Bertz CT molecular complexity index is 38.7. The third-order valence-corrected chi connectivity index (χ3v) is 1.56. The van der Waals surface area contributed by atoms with Gasteiger partial charge in [-0.3, -0.25) is 0 Å². The molecule has 0 unspecified atom stereocenters. The van der Waals surface area contributed by atoms with Crippen LogP contribution in [0.5, 0.6) is 0 Å². The molecular weight excluding hydrogens is 243 g/mol. The van der Waals surface area contributed by atoms with Gasteiger partial charge in [-0.15, -0.1) is 11.6 Å².